The van der Waals surface area contributed by atoms with Crippen molar-refractivity contribution in [3.05, 3.63) is 24.3 Å². The maximum Gasteiger partial charge on any atom is 0.189 e. The third-order valence-electron chi connectivity index (χ3n) is 3.39. The second-order valence-electron chi connectivity index (χ2n) is 5.82. The Morgan fingerprint density at radius 3 is 2.33 bits per heavy atom. The molecule has 1 heterocycles. The fourth-order valence-corrected chi connectivity index (χ4v) is 2.42. The molecule has 1 N–H and O–H groups in total. The van der Waals surface area contributed by atoms with Crippen molar-refractivity contribution in [3.63, 3.8) is 0 Å². The second-order valence-corrected chi connectivity index (χ2v) is 5.82. The van der Waals surface area contributed by atoms with E-state index in [2.05, 4.69) is 0 Å². The van der Waals surface area contributed by atoms with Gasteiger partial charge in [-0.1, -0.05) is 12.1 Å². The summed E-state index contributed by atoms with van der Waals surface area (Å²) in [5.74, 6) is 0.583. The summed E-state index contributed by atoms with van der Waals surface area (Å²) in [6, 6.07) is 6.76. The Kier molecular flexibility index (Phi) is 2.86. The molecular formula is C14H19NO3. The van der Waals surface area contributed by atoms with E-state index >= 15 is 0 Å². The molecule has 1 aromatic rings. The number of ketones is 1. The number of benzene rings is 1. The van der Waals surface area contributed by atoms with Gasteiger partial charge in [-0.2, -0.15) is 0 Å². The molecule has 0 spiro atoms. The molecule has 0 saturated carbocycles. The molecule has 1 aliphatic heterocycles. The SMILES string of the molecule is CC1(C)CC(=O)C(C)(C)N1Oc1ccccc1O. The standard InChI is InChI=1S/C14H19NO3/c1-13(2)9-12(17)14(3,4)15(13)18-11-8-6-5-7-10(11)16/h5-8,16H,9H2,1-4H3. The van der Waals surface area contributed by atoms with Crippen LogP contribution in [-0.2, 0) is 4.79 Å². The van der Waals surface area contributed by atoms with E-state index in [1.165, 1.54) is 0 Å². The summed E-state index contributed by atoms with van der Waals surface area (Å²) in [4.78, 5) is 17.8. The number of hydrogen-bond donors (Lipinski definition) is 1. The third-order valence-corrected chi connectivity index (χ3v) is 3.39. The smallest absolute Gasteiger partial charge is 0.189 e. The molecule has 1 aliphatic rings. The fraction of sp³-hybridized carbons (Fsp3) is 0.500. The van der Waals surface area contributed by atoms with E-state index in [-0.39, 0.29) is 17.1 Å². The first kappa shape index (κ1) is 12.9. The molecule has 0 unspecified atom stereocenters. The summed E-state index contributed by atoms with van der Waals surface area (Å²) in [7, 11) is 0. The number of phenols is 1. The van der Waals surface area contributed by atoms with Gasteiger partial charge in [-0.25, -0.2) is 0 Å². The highest BCUT2D eigenvalue weighted by Gasteiger charge is 2.53. The normalized spacial score (nSPS) is 22.1. The Labute approximate surface area is 107 Å². The van der Waals surface area contributed by atoms with Gasteiger partial charge < -0.3 is 9.94 Å². The lowest BCUT2D eigenvalue weighted by Crippen LogP contribution is -2.51. The summed E-state index contributed by atoms with van der Waals surface area (Å²) in [6.45, 7) is 7.59. The molecule has 1 saturated heterocycles. The van der Waals surface area contributed by atoms with E-state index in [0.29, 0.717) is 12.2 Å². The van der Waals surface area contributed by atoms with E-state index in [9.17, 15) is 9.90 Å². The molecule has 4 heteroatoms. The molecule has 0 radical (unpaired) electrons. The van der Waals surface area contributed by atoms with Gasteiger partial charge in [0.2, 0.25) is 0 Å². The van der Waals surface area contributed by atoms with Crippen molar-refractivity contribution in [1.29, 1.82) is 0 Å². The maximum atomic E-state index is 12.0. The monoisotopic (exact) mass is 249 g/mol. The van der Waals surface area contributed by atoms with Crippen LogP contribution in [0.25, 0.3) is 0 Å². The van der Waals surface area contributed by atoms with Crippen LogP contribution in [0.2, 0.25) is 0 Å². The quantitative estimate of drug-likeness (QED) is 0.875. The van der Waals surface area contributed by atoms with Crippen molar-refractivity contribution in [2.24, 2.45) is 0 Å². The number of hydroxylamine groups is 2. The van der Waals surface area contributed by atoms with E-state index in [1.54, 1.807) is 29.3 Å². The molecule has 0 atom stereocenters. The minimum absolute atomic E-state index is 0.0726. The van der Waals surface area contributed by atoms with Crippen LogP contribution in [0.1, 0.15) is 34.1 Å². The lowest BCUT2D eigenvalue weighted by atomic mass is 9.99. The number of carbonyl (C=O) groups is 1. The maximum absolute atomic E-state index is 12.0. The van der Waals surface area contributed by atoms with Gasteiger partial charge in [0, 0.05) is 6.42 Å². The van der Waals surface area contributed by atoms with Crippen LogP contribution in [0.4, 0.5) is 0 Å². The van der Waals surface area contributed by atoms with Crippen molar-refractivity contribution in [2.75, 3.05) is 0 Å². The number of Topliss-reactive ketones (excluding diaryl/α,β-unsaturated/α-hetero) is 1. The number of phenolic OH excluding ortho intramolecular Hbond substituents is 1. The van der Waals surface area contributed by atoms with Crippen LogP contribution in [0, 0.1) is 0 Å². The zero-order valence-corrected chi connectivity index (χ0v) is 11.2. The van der Waals surface area contributed by atoms with Gasteiger partial charge in [-0.15, -0.1) is 5.06 Å². The van der Waals surface area contributed by atoms with Gasteiger partial charge in [0.1, 0.15) is 5.54 Å². The fourth-order valence-electron chi connectivity index (χ4n) is 2.42. The first-order chi connectivity index (χ1) is 8.25. The predicted octanol–water partition coefficient (Wildman–Crippen LogP) is 2.52. The van der Waals surface area contributed by atoms with E-state index < -0.39 is 5.54 Å². The molecule has 2 rings (SSSR count). The van der Waals surface area contributed by atoms with E-state index in [4.69, 9.17) is 4.84 Å². The highest BCUT2D eigenvalue weighted by Crippen LogP contribution is 2.40. The molecule has 4 nitrogen and oxygen atoms in total. The number of carbonyl (C=O) groups excluding carboxylic acids is 1. The highest BCUT2D eigenvalue weighted by atomic mass is 16.7. The number of para-hydroxylation sites is 2. The Morgan fingerprint density at radius 1 is 1.22 bits per heavy atom. The average Bonchev–Trinajstić information content (AvgIpc) is 2.40. The predicted molar refractivity (Wildman–Crippen MR) is 68.4 cm³/mol. The molecule has 0 amide bonds. The first-order valence-electron chi connectivity index (χ1n) is 6.05. The van der Waals surface area contributed by atoms with Gasteiger partial charge in [-0.3, -0.25) is 4.79 Å². The molecule has 1 aromatic carbocycles. The molecule has 1 fully saturated rings. The topological polar surface area (TPSA) is 49.8 Å². The van der Waals surface area contributed by atoms with Gasteiger partial charge in [0.25, 0.3) is 0 Å². The van der Waals surface area contributed by atoms with Crippen molar-refractivity contribution in [1.82, 2.24) is 5.06 Å². The number of aromatic hydroxyl groups is 1. The van der Waals surface area contributed by atoms with Crippen molar-refractivity contribution in [2.45, 2.75) is 45.2 Å². The summed E-state index contributed by atoms with van der Waals surface area (Å²) < 4.78 is 0. The highest BCUT2D eigenvalue weighted by molar-refractivity contribution is 5.90. The number of rotatable bonds is 2. The van der Waals surface area contributed by atoms with Crippen LogP contribution < -0.4 is 4.84 Å². The van der Waals surface area contributed by atoms with Crippen LogP contribution in [0.5, 0.6) is 11.5 Å². The number of hydrogen-bond acceptors (Lipinski definition) is 4. The van der Waals surface area contributed by atoms with Crippen LogP contribution >= 0.6 is 0 Å². The first-order valence-corrected chi connectivity index (χ1v) is 6.05. The van der Waals surface area contributed by atoms with Gasteiger partial charge in [-0.05, 0) is 39.8 Å². The van der Waals surface area contributed by atoms with Crippen LogP contribution in [0.3, 0.4) is 0 Å². The van der Waals surface area contributed by atoms with E-state index in [1.807, 2.05) is 27.7 Å². The minimum Gasteiger partial charge on any atom is -0.504 e. The van der Waals surface area contributed by atoms with Crippen molar-refractivity contribution in [3.8, 4) is 11.5 Å². The van der Waals surface area contributed by atoms with Crippen LogP contribution in [0.15, 0.2) is 24.3 Å². The lowest BCUT2D eigenvalue weighted by Gasteiger charge is -2.37. The lowest BCUT2D eigenvalue weighted by molar-refractivity contribution is -0.169. The molecule has 18 heavy (non-hydrogen) atoms. The van der Waals surface area contributed by atoms with Crippen molar-refractivity contribution >= 4 is 5.78 Å². The van der Waals surface area contributed by atoms with Gasteiger partial charge in [0.05, 0.1) is 5.54 Å². The Hall–Kier alpha value is -1.55. The van der Waals surface area contributed by atoms with Crippen molar-refractivity contribution < 1.29 is 14.7 Å². The third kappa shape index (κ3) is 1.97. The Balaban J connectivity index is 2.33. The summed E-state index contributed by atoms with van der Waals surface area (Å²) in [5, 5.41) is 11.4. The zero-order chi connectivity index (χ0) is 13.6. The molecule has 0 aromatic heterocycles. The summed E-state index contributed by atoms with van der Waals surface area (Å²) >= 11 is 0. The Morgan fingerprint density at radius 2 is 1.83 bits per heavy atom. The van der Waals surface area contributed by atoms with Crippen LogP contribution in [-0.4, -0.2) is 27.0 Å². The van der Waals surface area contributed by atoms with Gasteiger partial charge >= 0.3 is 0 Å². The summed E-state index contributed by atoms with van der Waals surface area (Å²) in [6.07, 6.45) is 0.438. The molecule has 98 valence electrons. The zero-order valence-electron chi connectivity index (χ0n) is 11.2. The molecular weight excluding hydrogens is 230 g/mol. The Bertz CT molecular complexity index is 480. The van der Waals surface area contributed by atoms with E-state index in [0.717, 1.165) is 0 Å². The number of nitrogens with zero attached hydrogens (tertiary/aromatic N) is 1. The molecule has 0 bridgehead atoms. The minimum atomic E-state index is -0.689. The van der Waals surface area contributed by atoms with Gasteiger partial charge in [0.15, 0.2) is 17.3 Å². The second kappa shape index (κ2) is 3.99. The summed E-state index contributed by atoms with van der Waals surface area (Å²) in [5.41, 5.74) is -1.07. The molecule has 0 aliphatic carbocycles. The largest absolute Gasteiger partial charge is 0.504 e. The average molecular weight is 249 g/mol.